The van der Waals surface area contributed by atoms with Gasteiger partial charge in [-0.3, -0.25) is 0 Å². The van der Waals surface area contributed by atoms with Crippen LogP contribution >= 0.6 is 0 Å². The number of hydrogen-bond acceptors (Lipinski definition) is 4. The quantitative estimate of drug-likeness (QED) is 0.509. The van der Waals surface area contributed by atoms with Gasteiger partial charge in [-0.05, 0) is 38.0 Å². The molecule has 134 valence electrons. The summed E-state index contributed by atoms with van der Waals surface area (Å²) >= 11 is 0. The molecule has 0 amide bonds. The first-order valence-electron chi connectivity index (χ1n) is 9.20. The van der Waals surface area contributed by atoms with Crippen LogP contribution in [0.1, 0.15) is 46.0 Å². The standard InChI is InChI=1S/C20H30O4/c1-10-8-19-9-16(22)20(24)14(7-15(21)18(20,3)4)11(2)13(19)6-5-12(10)17(19)23/h12-17,21-24H,1-2,5-9H2,3-4H3. The molecule has 0 aromatic rings. The van der Waals surface area contributed by atoms with Crippen molar-refractivity contribution >= 4 is 0 Å². The zero-order valence-electron chi connectivity index (χ0n) is 14.7. The van der Waals surface area contributed by atoms with E-state index in [0.717, 1.165) is 24.0 Å². The van der Waals surface area contributed by atoms with E-state index >= 15 is 0 Å². The predicted octanol–water partition coefficient (Wildman–Crippen LogP) is 1.78. The third kappa shape index (κ3) is 1.64. The Balaban J connectivity index is 1.85. The van der Waals surface area contributed by atoms with Crippen LogP contribution in [0.15, 0.2) is 24.3 Å². The fourth-order valence-electron chi connectivity index (χ4n) is 6.76. The molecular formula is C20H30O4. The lowest BCUT2D eigenvalue weighted by molar-refractivity contribution is -0.174. The first-order valence-corrected chi connectivity index (χ1v) is 9.20. The normalized spacial score (nSPS) is 55.9. The predicted molar refractivity (Wildman–Crippen MR) is 91.0 cm³/mol. The van der Waals surface area contributed by atoms with E-state index in [0.29, 0.717) is 19.3 Å². The molecule has 0 heterocycles. The average Bonchev–Trinajstić information content (AvgIpc) is 2.73. The summed E-state index contributed by atoms with van der Waals surface area (Å²) in [4.78, 5) is 0. The molecule has 4 saturated carbocycles. The lowest BCUT2D eigenvalue weighted by Crippen LogP contribution is -2.57. The van der Waals surface area contributed by atoms with Gasteiger partial charge in [0.25, 0.3) is 0 Å². The van der Waals surface area contributed by atoms with Gasteiger partial charge in [-0.2, -0.15) is 0 Å². The van der Waals surface area contributed by atoms with Crippen molar-refractivity contribution in [1.29, 1.82) is 0 Å². The lowest BCUT2D eigenvalue weighted by Gasteiger charge is -2.46. The molecule has 4 heteroatoms. The molecule has 4 aliphatic rings. The Morgan fingerprint density at radius 1 is 1.00 bits per heavy atom. The van der Waals surface area contributed by atoms with Crippen LogP contribution in [0.5, 0.6) is 0 Å². The molecule has 2 bridgehead atoms. The van der Waals surface area contributed by atoms with Gasteiger partial charge in [-0.25, -0.2) is 0 Å². The van der Waals surface area contributed by atoms with Gasteiger partial charge >= 0.3 is 0 Å². The first kappa shape index (κ1) is 16.8. The molecule has 24 heavy (non-hydrogen) atoms. The van der Waals surface area contributed by atoms with Gasteiger partial charge in [0.2, 0.25) is 0 Å². The topological polar surface area (TPSA) is 80.9 Å². The van der Waals surface area contributed by atoms with Gasteiger partial charge in [0.05, 0.1) is 18.3 Å². The smallest absolute Gasteiger partial charge is 0.105 e. The Bertz CT molecular complexity index is 611. The van der Waals surface area contributed by atoms with Crippen LogP contribution in [0.25, 0.3) is 0 Å². The van der Waals surface area contributed by atoms with Gasteiger partial charge in [0, 0.05) is 22.7 Å². The molecule has 8 unspecified atom stereocenters. The summed E-state index contributed by atoms with van der Waals surface area (Å²) in [5.41, 5.74) is -0.703. The van der Waals surface area contributed by atoms with E-state index < -0.39 is 34.7 Å². The SMILES string of the molecule is C=C1CC23CC(O)C4(O)C(CC(O)C4(C)C)C(=C)C2CCC1C3O. The highest BCUT2D eigenvalue weighted by Gasteiger charge is 2.70. The molecule has 0 aromatic carbocycles. The Hall–Kier alpha value is -0.680. The van der Waals surface area contributed by atoms with Gasteiger partial charge in [-0.15, -0.1) is 0 Å². The highest BCUT2D eigenvalue weighted by atomic mass is 16.4. The molecule has 4 nitrogen and oxygen atoms in total. The molecule has 0 aromatic heterocycles. The molecule has 4 N–H and O–H groups in total. The van der Waals surface area contributed by atoms with E-state index in [1.54, 1.807) is 0 Å². The minimum atomic E-state index is -1.41. The summed E-state index contributed by atoms with van der Waals surface area (Å²) in [5, 5.41) is 44.2. The second-order valence-electron chi connectivity index (χ2n) is 9.40. The molecule has 4 fully saturated rings. The van der Waals surface area contributed by atoms with E-state index in [2.05, 4.69) is 13.2 Å². The van der Waals surface area contributed by atoms with Crippen LogP contribution in [-0.2, 0) is 0 Å². The van der Waals surface area contributed by atoms with Crippen LogP contribution in [0, 0.1) is 28.6 Å². The number of aliphatic hydroxyl groups is 4. The fraction of sp³-hybridized carbons (Fsp3) is 0.800. The summed E-state index contributed by atoms with van der Waals surface area (Å²) in [7, 11) is 0. The van der Waals surface area contributed by atoms with Crippen molar-refractivity contribution in [3.63, 3.8) is 0 Å². The molecule has 8 atom stereocenters. The maximum absolute atomic E-state index is 11.6. The van der Waals surface area contributed by atoms with Crippen molar-refractivity contribution in [3.05, 3.63) is 24.3 Å². The Labute approximate surface area is 143 Å². The van der Waals surface area contributed by atoms with Crippen molar-refractivity contribution in [3.8, 4) is 0 Å². The van der Waals surface area contributed by atoms with E-state index in [1.165, 1.54) is 0 Å². The average molecular weight is 334 g/mol. The maximum Gasteiger partial charge on any atom is 0.105 e. The Morgan fingerprint density at radius 2 is 1.67 bits per heavy atom. The van der Waals surface area contributed by atoms with Crippen molar-refractivity contribution in [1.82, 2.24) is 0 Å². The van der Waals surface area contributed by atoms with Crippen LogP contribution in [0.2, 0.25) is 0 Å². The largest absolute Gasteiger partial charge is 0.392 e. The van der Waals surface area contributed by atoms with Crippen molar-refractivity contribution in [2.45, 2.75) is 69.9 Å². The number of fused-ring (bicyclic) bond motifs is 2. The van der Waals surface area contributed by atoms with E-state index in [-0.39, 0.29) is 17.8 Å². The van der Waals surface area contributed by atoms with Crippen molar-refractivity contribution in [2.75, 3.05) is 0 Å². The molecule has 4 aliphatic carbocycles. The van der Waals surface area contributed by atoms with Gasteiger partial charge < -0.3 is 20.4 Å². The van der Waals surface area contributed by atoms with Crippen molar-refractivity contribution in [2.24, 2.45) is 28.6 Å². The highest BCUT2D eigenvalue weighted by molar-refractivity contribution is 5.34. The zero-order chi connectivity index (χ0) is 17.7. The number of aliphatic hydroxyl groups excluding tert-OH is 3. The Morgan fingerprint density at radius 3 is 2.33 bits per heavy atom. The van der Waals surface area contributed by atoms with Crippen LogP contribution in [0.4, 0.5) is 0 Å². The number of hydrogen-bond donors (Lipinski definition) is 4. The molecule has 1 spiro atoms. The summed E-state index contributed by atoms with van der Waals surface area (Å²) in [5.74, 6) is -0.162. The molecule has 0 radical (unpaired) electrons. The van der Waals surface area contributed by atoms with E-state index in [9.17, 15) is 20.4 Å². The zero-order valence-corrected chi connectivity index (χ0v) is 14.7. The van der Waals surface area contributed by atoms with Crippen LogP contribution < -0.4 is 0 Å². The van der Waals surface area contributed by atoms with Crippen LogP contribution in [-0.4, -0.2) is 44.3 Å². The summed E-state index contributed by atoms with van der Waals surface area (Å²) in [6, 6.07) is 0. The minimum Gasteiger partial charge on any atom is -0.392 e. The number of rotatable bonds is 0. The Kier molecular flexibility index (Phi) is 3.30. The van der Waals surface area contributed by atoms with E-state index in [1.807, 2.05) is 13.8 Å². The maximum atomic E-state index is 11.6. The van der Waals surface area contributed by atoms with Gasteiger partial charge in [0.15, 0.2) is 0 Å². The lowest BCUT2D eigenvalue weighted by atomic mass is 9.61. The van der Waals surface area contributed by atoms with E-state index in [4.69, 9.17) is 0 Å². The summed E-state index contributed by atoms with van der Waals surface area (Å²) in [6.07, 6.45) is 1.08. The minimum absolute atomic E-state index is 0.0674. The third-order valence-corrected chi connectivity index (χ3v) is 8.34. The summed E-state index contributed by atoms with van der Waals surface area (Å²) < 4.78 is 0. The fourth-order valence-corrected chi connectivity index (χ4v) is 6.76. The monoisotopic (exact) mass is 334 g/mol. The third-order valence-electron chi connectivity index (χ3n) is 8.34. The highest BCUT2D eigenvalue weighted by Crippen LogP contribution is 2.67. The molecule has 4 rings (SSSR count). The van der Waals surface area contributed by atoms with Crippen LogP contribution in [0.3, 0.4) is 0 Å². The molecule has 0 saturated heterocycles. The summed E-state index contributed by atoms with van der Waals surface area (Å²) in [6.45, 7) is 12.2. The second-order valence-corrected chi connectivity index (χ2v) is 9.40. The van der Waals surface area contributed by atoms with Crippen molar-refractivity contribution < 1.29 is 20.4 Å². The molecular weight excluding hydrogens is 304 g/mol. The van der Waals surface area contributed by atoms with Gasteiger partial charge in [-0.1, -0.05) is 38.2 Å². The molecule has 0 aliphatic heterocycles. The van der Waals surface area contributed by atoms with Gasteiger partial charge in [0.1, 0.15) is 5.60 Å². The first-order chi connectivity index (χ1) is 11.1. The second kappa shape index (κ2) is 4.73.